The van der Waals surface area contributed by atoms with E-state index >= 15 is 0 Å². The van der Waals surface area contributed by atoms with Crippen molar-refractivity contribution in [1.29, 1.82) is 0 Å². The van der Waals surface area contributed by atoms with Gasteiger partial charge < -0.3 is 31.0 Å². The molecule has 0 aliphatic carbocycles. The summed E-state index contributed by atoms with van der Waals surface area (Å²) in [5.41, 5.74) is 0. The van der Waals surface area contributed by atoms with Crippen molar-refractivity contribution in [3.05, 3.63) is 0 Å². The molecule has 0 atom stereocenters. The molecule has 0 rings (SSSR count). The largest absolute Gasteiger partial charge is 2.00 e. The molecule has 7 nitrogen and oxygen atoms in total. The minimum absolute atomic E-state index is 0. The fraction of sp³-hybridized carbons (Fsp3) is 0. The van der Waals surface area contributed by atoms with E-state index in [0.29, 0.717) is 0 Å². The van der Waals surface area contributed by atoms with E-state index in [9.17, 15) is 9.13 Å². The van der Waals surface area contributed by atoms with Crippen LogP contribution in [0, 0.1) is 0 Å². The number of phosphoric acid groups is 2. The molecule has 0 spiro atoms. The fourth-order valence-corrected chi connectivity index (χ4v) is 1.25. The number of hydrogen-bond acceptors (Lipinski definition) is 3. The van der Waals surface area contributed by atoms with Gasteiger partial charge in [-0.15, -0.1) is 0 Å². The molecule has 0 bridgehead atoms. The van der Waals surface area contributed by atoms with Crippen LogP contribution < -0.4 is 103 Å². The Labute approximate surface area is 226 Å². The molecule has 0 saturated carbocycles. The smallest absolute Gasteiger partial charge is 1.00 e. The third kappa shape index (κ3) is 36.1. The van der Waals surface area contributed by atoms with E-state index in [1.54, 1.807) is 0 Å². The second-order valence-electron chi connectivity index (χ2n) is 1.06. The normalized spacial score (nSPS) is 8.86. The van der Waals surface area contributed by atoms with E-state index in [4.69, 9.17) is 19.6 Å². The molecular weight excluding hydrogens is 325 g/mol. The summed E-state index contributed by atoms with van der Waals surface area (Å²) < 4.78 is 22.2. The maximum absolute atomic E-state index is 9.63. The third-order valence-electron chi connectivity index (χ3n) is 0.213. The van der Waals surface area contributed by atoms with Crippen molar-refractivity contribution in [3.63, 3.8) is 0 Å². The Kier molecular flexibility index (Phi) is 44.3. The molecule has 0 saturated heterocycles. The van der Waals surface area contributed by atoms with E-state index in [1.165, 1.54) is 0 Å². The first kappa shape index (κ1) is 36.8. The zero-order chi connectivity index (χ0) is 7.71. The van der Waals surface area contributed by atoms with Gasteiger partial charge in [-0.2, -0.15) is 4.31 Å². The number of hydrogen-bond donors (Lipinski definition) is 4. The van der Waals surface area contributed by atoms with Gasteiger partial charge in [0.2, 0.25) is 0 Å². The van der Waals surface area contributed by atoms with Gasteiger partial charge in [0.15, 0.2) is 0 Å². The van der Waals surface area contributed by atoms with Crippen LogP contribution in [0.25, 0.3) is 0 Å². The Hall–Kier alpha value is 5.83. The zero-order valence-corrected chi connectivity index (χ0v) is 20.3. The first-order valence-corrected chi connectivity index (χ1v) is 4.59. The van der Waals surface area contributed by atoms with Crippen molar-refractivity contribution < 1.29 is 147 Å². The molecule has 72 valence electrons. The summed E-state index contributed by atoms with van der Waals surface area (Å²) in [6, 6.07) is 0. The molecule has 0 radical (unpaired) electrons. The van der Waals surface area contributed by atoms with Gasteiger partial charge in [0, 0.05) is 0 Å². The molecule has 0 fully saturated rings. The molecule has 0 aliphatic rings. The Morgan fingerprint density at radius 2 is 0.929 bits per heavy atom. The van der Waals surface area contributed by atoms with Crippen LogP contribution in [-0.4, -0.2) is 88.7 Å². The van der Waals surface area contributed by atoms with Gasteiger partial charge in [-0.25, -0.2) is 9.13 Å². The second-order valence-corrected chi connectivity index (χ2v) is 3.68. The van der Waals surface area contributed by atoms with Crippen LogP contribution in [-0.2, 0) is 13.4 Å². The van der Waals surface area contributed by atoms with Crippen LogP contribution >= 0.6 is 15.6 Å². The van der Waals surface area contributed by atoms with Crippen molar-refractivity contribution >= 4 is 84.8 Å². The zero-order valence-electron chi connectivity index (χ0n) is 16.0. The van der Waals surface area contributed by atoms with Crippen molar-refractivity contribution in [1.82, 2.24) is 0 Å². The summed E-state index contributed by atoms with van der Waals surface area (Å²) in [7, 11) is -10.1. The van der Waals surface area contributed by atoms with Crippen LogP contribution in [0.2, 0.25) is 0 Å². The quantitative estimate of drug-likeness (QED) is 0.292. The summed E-state index contributed by atoms with van der Waals surface area (Å²) in [4.78, 5) is 31.0. The summed E-state index contributed by atoms with van der Waals surface area (Å²) >= 11 is 0. The molecule has 0 unspecified atom stereocenters. The van der Waals surface area contributed by atoms with Gasteiger partial charge >= 0.3 is 188 Å². The Morgan fingerprint density at radius 1 is 0.786 bits per heavy atom. The van der Waals surface area contributed by atoms with Crippen LogP contribution in [0.15, 0.2) is 0 Å². The summed E-state index contributed by atoms with van der Waals surface area (Å²) in [6.45, 7) is 0. The standard InChI is InChI=1S/2K.3Mg.H4O7P2.8H/c;;;;;1-8(2,3)7-9(4,5)6;;;;;;;;/h;;;;;(H2,1,2,3)(H2,4,5,6);;;;;;;;/q2*+1;3*+2;;8*-1. The second kappa shape index (κ2) is 16.9. The Bertz CT molecular complexity index is 186. The molecule has 14 heteroatoms. The minimum Gasteiger partial charge on any atom is -1.00 e. The van der Waals surface area contributed by atoms with E-state index in [2.05, 4.69) is 4.31 Å². The van der Waals surface area contributed by atoms with Crippen LogP contribution in [0.5, 0.6) is 0 Å². The SMILES string of the molecule is O=P(O)(O)OP(=O)(O)O.[H-].[H-].[H-].[H-].[H-].[H-].[H-].[H-].[K+].[K+].[Mg+2].[Mg+2].[Mg+2]. The number of rotatable bonds is 2. The van der Waals surface area contributed by atoms with Gasteiger partial charge in [-0.3, -0.25) is 0 Å². The predicted molar refractivity (Wildman–Crippen MR) is 51.3 cm³/mol. The van der Waals surface area contributed by atoms with E-state index in [-0.39, 0.29) is 183 Å². The average Bonchev–Trinajstić information content (AvgIpc) is 1.14. The summed E-state index contributed by atoms with van der Waals surface area (Å²) in [5, 5.41) is 0. The Morgan fingerprint density at radius 3 is 0.929 bits per heavy atom. The molecule has 0 aromatic carbocycles. The van der Waals surface area contributed by atoms with Crippen molar-refractivity contribution in [3.8, 4) is 0 Å². The van der Waals surface area contributed by atoms with Gasteiger partial charge in [0.25, 0.3) is 0 Å². The third-order valence-corrected chi connectivity index (χ3v) is 1.91. The Balaban J connectivity index is -0.00000000410. The van der Waals surface area contributed by atoms with Crippen LogP contribution in [0.1, 0.15) is 11.4 Å². The van der Waals surface area contributed by atoms with E-state index in [0.717, 1.165) is 0 Å². The van der Waals surface area contributed by atoms with Crippen molar-refractivity contribution in [2.75, 3.05) is 0 Å². The van der Waals surface area contributed by atoms with Gasteiger partial charge in [0.05, 0.1) is 0 Å². The molecule has 0 amide bonds. The van der Waals surface area contributed by atoms with E-state index in [1.807, 2.05) is 0 Å². The monoisotopic (exact) mass is 336 g/mol. The molecule has 14 heavy (non-hydrogen) atoms. The minimum atomic E-state index is -5.05. The first-order valence-electron chi connectivity index (χ1n) is 1.53. The first-order chi connectivity index (χ1) is 3.71. The molecule has 0 aromatic heterocycles. The molecule has 0 aromatic rings. The topological polar surface area (TPSA) is 124 Å². The fourth-order valence-electron chi connectivity index (χ4n) is 0.139. The van der Waals surface area contributed by atoms with Crippen molar-refractivity contribution in [2.24, 2.45) is 0 Å². The van der Waals surface area contributed by atoms with Gasteiger partial charge in [0.1, 0.15) is 0 Å². The van der Waals surface area contributed by atoms with Crippen LogP contribution in [0.3, 0.4) is 0 Å². The summed E-state index contributed by atoms with van der Waals surface area (Å²) in [5.74, 6) is 0. The molecule has 0 aliphatic heterocycles. The maximum Gasteiger partial charge on any atom is 2.00 e. The van der Waals surface area contributed by atoms with E-state index < -0.39 is 15.6 Å². The molecule has 0 heterocycles. The van der Waals surface area contributed by atoms with Crippen molar-refractivity contribution in [2.45, 2.75) is 0 Å². The summed E-state index contributed by atoms with van der Waals surface area (Å²) in [6.07, 6.45) is 0. The van der Waals surface area contributed by atoms with Crippen LogP contribution in [0.4, 0.5) is 0 Å². The maximum atomic E-state index is 9.63. The average molecular weight is 337 g/mol. The molecule has 4 N–H and O–H groups in total. The van der Waals surface area contributed by atoms with Gasteiger partial charge in [-0.05, 0) is 0 Å². The molecular formula is H12K2Mg3O7P2. The van der Waals surface area contributed by atoms with Gasteiger partial charge in [-0.1, -0.05) is 0 Å². The predicted octanol–water partition coefficient (Wildman–Crippen LogP) is -7.05.